The van der Waals surface area contributed by atoms with Crippen molar-refractivity contribution in [3.63, 3.8) is 0 Å². The molecule has 0 aliphatic carbocycles. The molecule has 0 saturated heterocycles. The lowest BCUT2D eigenvalue weighted by Crippen LogP contribution is -2.09. The second-order valence-electron chi connectivity index (χ2n) is 5.20. The molecule has 0 fully saturated rings. The molecule has 0 aliphatic rings. The molecule has 3 nitrogen and oxygen atoms in total. The van der Waals surface area contributed by atoms with Gasteiger partial charge in [-0.05, 0) is 53.0 Å². The van der Waals surface area contributed by atoms with Gasteiger partial charge in [-0.1, -0.05) is 19.1 Å². The summed E-state index contributed by atoms with van der Waals surface area (Å²) in [6.45, 7) is 5.51. The van der Waals surface area contributed by atoms with E-state index in [2.05, 4.69) is 15.9 Å². The van der Waals surface area contributed by atoms with Gasteiger partial charge in [0.25, 0.3) is 0 Å². The van der Waals surface area contributed by atoms with E-state index in [-0.39, 0.29) is 18.4 Å². The Labute approximate surface area is 143 Å². The molecule has 0 N–H and O–H groups in total. The normalized spacial score (nSPS) is 10.5. The Morgan fingerprint density at radius 3 is 2.61 bits per heavy atom. The molecule has 0 spiro atoms. The molecule has 0 saturated carbocycles. The van der Waals surface area contributed by atoms with E-state index in [1.165, 1.54) is 6.07 Å². The lowest BCUT2D eigenvalue weighted by molar-refractivity contribution is -0.134. The molecule has 2 aromatic rings. The fourth-order valence-electron chi connectivity index (χ4n) is 2.04. The lowest BCUT2D eigenvalue weighted by atomic mass is 10.1. The third-order valence-corrected chi connectivity index (χ3v) is 4.08. The van der Waals surface area contributed by atoms with Crippen LogP contribution in [-0.2, 0) is 11.4 Å². The van der Waals surface area contributed by atoms with E-state index in [1.807, 2.05) is 19.1 Å². The molecule has 122 valence electrons. The summed E-state index contributed by atoms with van der Waals surface area (Å²) in [6, 6.07) is 8.46. The van der Waals surface area contributed by atoms with Crippen LogP contribution in [0.15, 0.2) is 34.8 Å². The number of hydrogen-bond acceptors (Lipinski definition) is 3. The summed E-state index contributed by atoms with van der Waals surface area (Å²) in [6.07, 6.45) is 0.295. The number of benzene rings is 2. The molecule has 0 radical (unpaired) electrons. The summed E-state index contributed by atoms with van der Waals surface area (Å²) in [5, 5.41) is 0. The van der Waals surface area contributed by atoms with Crippen LogP contribution in [0.2, 0.25) is 0 Å². The second-order valence-corrected chi connectivity index (χ2v) is 6.05. The summed E-state index contributed by atoms with van der Waals surface area (Å²) >= 11 is 3.37. The van der Waals surface area contributed by atoms with E-state index in [0.717, 1.165) is 11.1 Å². The number of esters is 1. The first-order chi connectivity index (χ1) is 10.9. The molecule has 5 heteroatoms. The van der Waals surface area contributed by atoms with Crippen molar-refractivity contribution in [3.05, 3.63) is 57.3 Å². The monoisotopic (exact) mass is 380 g/mol. The molecule has 2 rings (SSSR count). The molecule has 0 aromatic heterocycles. The van der Waals surface area contributed by atoms with Gasteiger partial charge in [0.2, 0.25) is 0 Å². The van der Waals surface area contributed by atoms with Crippen LogP contribution >= 0.6 is 15.9 Å². The average molecular weight is 381 g/mol. The highest BCUT2D eigenvalue weighted by Gasteiger charge is 2.13. The third kappa shape index (κ3) is 4.32. The maximum absolute atomic E-state index is 13.7. The van der Waals surface area contributed by atoms with Crippen LogP contribution in [-0.4, -0.2) is 5.97 Å². The highest BCUT2D eigenvalue weighted by atomic mass is 79.9. The van der Waals surface area contributed by atoms with Gasteiger partial charge in [-0.15, -0.1) is 0 Å². The van der Waals surface area contributed by atoms with Gasteiger partial charge in [0, 0.05) is 18.1 Å². The summed E-state index contributed by atoms with van der Waals surface area (Å²) in [5.41, 5.74) is 2.25. The van der Waals surface area contributed by atoms with Gasteiger partial charge in [-0.3, -0.25) is 4.79 Å². The lowest BCUT2D eigenvalue weighted by Gasteiger charge is -2.14. The molecule has 0 atom stereocenters. The van der Waals surface area contributed by atoms with E-state index in [1.54, 1.807) is 26.0 Å². The van der Waals surface area contributed by atoms with Crippen molar-refractivity contribution in [1.29, 1.82) is 0 Å². The largest absolute Gasteiger partial charge is 0.487 e. The first-order valence-corrected chi connectivity index (χ1v) is 8.09. The molecular formula is C18H18BrFO3. The predicted octanol–water partition coefficient (Wildman–Crippen LogP) is 5.10. The van der Waals surface area contributed by atoms with E-state index < -0.39 is 0 Å². The Morgan fingerprint density at radius 1 is 1.17 bits per heavy atom. The average Bonchev–Trinajstić information content (AvgIpc) is 2.51. The minimum Gasteiger partial charge on any atom is -0.487 e. The zero-order chi connectivity index (χ0) is 17.0. The van der Waals surface area contributed by atoms with Crippen molar-refractivity contribution in [2.75, 3.05) is 0 Å². The molecule has 23 heavy (non-hydrogen) atoms. The quantitative estimate of drug-likeness (QED) is 0.534. The Kier molecular flexibility index (Phi) is 5.77. The number of aryl methyl sites for hydroxylation is 2. The minimum absolute atomic E-state index is 0.181. The molecule has 2 aromatic carbocycles. The van der Waals surface area contributed by atoms with Crippen molar-refractivity contribution in [3.8, 4) is 11.5 Å². The van der Waals surface area contributed by atoms with Crippen molar-refractivity contribution in [1.82, 2.24) is 0 Å². The van der Waals surface area contributed by atoms with Crippen molar-refractivity contribution >= 4 is 21.9 Å². The van der Waals surface area contributed by atoms with Gasteiger partial charge >= 0.3 is 5.97 Å². The summed E-state index contributed by atoms with van der Waals surface area (Å²) in [5.74, 6) is 0.245. The van der Waals surface area contributed by atoms with Crippen molar-refractivity contribution in [2.45, 2.75) is 33.8 Å². The van der Waals surface area contributed by atoms with Gasteiger partial charge < -0.3 is 9.47 Å². The van der Waals surface area contributed by atoms with E-state index in [4.69, 9.17) is 9.47 Å². The highest BCUT2D eigenvalue weighted by molar-refractivity contribution is 9.10. The molecular weight excluding hydrogens is 363 g/mol. The van der Waals surface area contributed by atoms with Gasteiger partial charge in [-0.25, -0.2) is 4.39 Å². The standard InChI is InChI=1S/C18H18BrFO3/c1-4-18(21)23-16-7-5-6-11(2)13(16)10-22-17-9-15(20)12(3)8-14(17)19/h5-9H,4,10H2,1-3H3. The number of ether oxygens (including phenoxy) is 2. The van der Waals surface area contributed by atoms with Crippen LogP contribution in [0.25, 0.3) is 0 Å². The second kappa shape index (κ2) is 7.59. The van der Waals surface area contributed by atoms with E-state index >= 15 is 0 Å². The Hall–Kier alpha value is -1.88. The molecule has 0 aliphatic heterocycles. The van der Waals surface area contributed by atoms with Gasteiger partial charge in [0.15, 0.2) is 0 Å². The van der Waals surface area contributed by atoms with Crippen LogP contribution < -0.4 is 9.47 Å². The van der Waals surface area contributed by atoms with Gasteiger partial charge in [0.05, 0.1) is 4.47 Å². The van der Waals surface area contributed by atoms with Gasteiger partial charge in [-0.2, -0.15) is 0 Å². The van der Waals surface area contributed by atoms with Gasteiger partial charge in [0.1, 0.15) is 23.9 Å². The van der Waals surface area contributed by atoms with E-state index in [9.17, 15) is 9.18 Å². The fourth-order valence-corrected chi connectivity index (χ4v) is 2.61. The smallest absolute Gasteiger partial charge is 0.310 e. The summed E-state index contributed by atoms with van der Waals surface area (Å²) < 4.78 is 25.4. The number of rotatable bonds is 5. The maximum Gasteiger partial charge on any atom is 0.310 e. The Bertz CT molecular complexity index is 728. The van der Waals surface area contributed by atoms with Crippen LogP contribution in [0.1, 0.15) is 30.0 Å². The Balaban J connectivity index is 2.23. The fraction of sp³-hybridized carbons (Fsp3) is 0.278. The predicted molar refractivity (Wildman–Crippen MR) is 90.3 cm³/mol. The first-order valence-electron chi connectivity index (χ1n) is 7.30. The summed E-state index contributed by atoms with van der Waals surface area (Å²) in [4.78, 5) is 11.5. The minimum atomic E-state index is -0.328. The van der Waals surface area contributed by atoms with Crippen LogP contribution in [0.4, 0.5) is 4.39 Å². The summed E-state index contributed by atoms with van der Waals surface area (Å²) in [7, 11) is 0. The zero-order valence-electron chi connectivity index (χ0n) is 13.3. The SMILES string of the molecule is CCC(=O)Oc1cccc(C)c1COc1cc(F)c(C)cc1Br. The zero-order valence-corrected chi connectivity index (χ0v) is 14.9. The van der Waals surface area contributed by atoms with E-state index in [0.29, 0.717) is 28.0 Å². The Morgan fingerprint density at radius 2 is 1.91 bits per heavy atom. The number of carbonyl (C=O) groups is 1. The number of carbonyl (C=O) groups excluding carboxylic acids is 1. The number of halogens is 2. The van der Waals surface area contributed by atoms with Crippen molar-refractivity contribution < 1.29 is 18.7 Å². The first kappa shape index (κ1) is 17.5. The maximum atomic E-state index is 13.7. The molecule has 0 heterocycles. The van der Waals surface area contributed by atoms with Crippen LogP contribution in [0, 0.1) is 19.7 Å². The number of hydrogen-bond donors (Lipinski definition) is 0. The molecule has 0 bridgehead atoms. The molecule has 0 amide bonds. The highest BCUT2D eigenvalue weighted by Crippen LogP contribution is 2.30. The van der Waals surface area contributed by atoms with Crippen molar-refractivity contribution in [2.24, 2.45) is 0 Å². The van der Waals surface area contributed by atoms with Crippen LogP contribution in [0.3, 0.4) is 0 Å². The topological polar surface area (TPSA) is 35.5 Å². The van der Waals surface area contributed by atoms with Crippen LogP contribution in [0.5, 0.6) is 11.5 Å². The third-order valence-electron chi connectivity index (χ3n) is 3.46. The molecule has 0 unspecified atom stereocenters.